The van der Waals surface area contributed by atoms with Crippen LogP contribution in [0.4, 0.5) is 0 Å². The van der Waals surface area contributed by atoms with E-state index in [-0.39, 0.29) is 18.2 Å². The van der Waals surface area contributed by atoms with Crippen molar-refractivity contribution < 1.29 is 23.8 Å². The summed E-state index contributed by atoms with van der Waals surface area (Å²) in [4.78, 5) is 30.2. The van der Waals surface area contributed by atoms with Crippen molar-refractivity contribution in [2.24, 2.45) is 0 Å². The number of benzene rings is 4. The van der Waals surface area contributed by atoms with Crippen LogP contribution in [0.5, 0.6) is 17.2 Å². The summed E-state index contributed by atoms with van der Waals surface area (Å²) in [5, 5.41) is 2.95. The maximum Gasteiger partial charge on any atom is 0.253 e. The Morgan fingerprint density at radius 1 is 0.682 bits per heavy atom. The molecule has 0 aliphatic carbocycles. The normalized spacial score (nSPS) is 13.3. The summed E-state index contributed by atoms with van der Waals surface area (Å²) in [6.07, 6.45) is 0.164. The molecule has 1 aliphatic heterocycles. The Morgan fingerprint density at radius 3 is 1.98 bits per heavy atom. The highest BCUT2D eigenvalue weighted by molar-refractivity contribution is 5.94. The highest BCUT2D eigenvalue weighted by Gasteiger charge is 2.22. The highest BCUT2D eigenvalue weighted by atomic mass is 16.5. The van der Waals surface area contributed by atoms with Crippen molar-refractivity contribution in [2.75, 3.05) is 47.5 Å². The molecule has 8 heteroatoms. The number of methoxy groups -OCH3 is 3. The number of nitrogens with zero attached hydrogens (tertiary/aromatic N) is 2. The molecule has 1 aliphatic rings. The molecule has 1 saturated heterocycles. The maximum absolute atomic E-state index is 13.2. The van der Waals surface area contributed by atoms with Crippen LogP contribution in [0.15, 0.2) is 91.0 Å². The molecular formula is C36H39N3O5. The second-order valence-electron chi connectivity index (χ2n) is 10.8. The lowest BCUT2D eigenvalue weighted by Crippen LogP contribution is -2.48. The summed E-state index contributed by atoms with van der Waals surface area (Å²) in [5.41, 5.74) is 6.03. The fraction of sp³-hybridized carbons (Fsp3) is 0.278. The molecule has 0 radical (unpaired) electrons. The molecule has 0 spiro atoms. The minimum Gasteiger partial charge on any atom is -0.493 e. The first-order valence-electron chi connectivity index (χ1n) is 14.8. The van der Waals surface area contributed by atoms with Gasteiger partial charge in [-0.3, -0.25) is 14.5 Å². The Morgan fingerprint density at radius 2 is 1.34 bits per heavy atom. The van der Waals surface area contributed by atoms with Crippen LogP contribution < -0.4 is 19.5 Å². The van der Waals surface area contributed by atoms with Gasteiger partial charge in [-0.1, -0.05) is 60.7 Å². The molecular weight excluding hydrogens is 554 g/mol. The molecule has 0 saturated carbocycles. The van der Waals surface area contributed by atoms with E-state index >= 15 is 0 Å². The number of carbonyl (C=O) groups excluding carboxylic acids is 2. The molecule has 4 aromatic rings. The van der Waals surface area contributed by atoms with Gasteiger partial charge in [0.25, 0.3) is 5.91 Å². The summed E-state index contributed by atoms with van der Waals surface area (Å²) < 4.78 is 16.1. The van der Waals surface area contributed by atoms with E-state index in [1.54, 1.807) is 33.5 Å². The lowest BCUT2D eigenvalue weighted by atomic mass is 10.0. The smallest absolute Gasteiger partial charge is 0.253 e. The van der Waals surface area contributed by atoms with Gasteiger partial charge < -0.3 is 24.4 Å². The van der Waals surface area contributed by atoms with E-state index in [9.17, 15) is 9.59 Å². The van der Waals surface area contributed by atoms with Crippen molar-refractivity contribution >= 4 is 11.8 Å². The van der Waals surface area contributed by atoms with E-state index in [0.717, 1.165) is 30.8 Å². The fourth-order valence-electron chi connectivity index (χ4n) is 5.48. The molecule has 2 amide bonds. The van der Waals surface area contributed by atoms with Crippen LogP contribution in [0, 0.1) is 0 Å². The topological polar surface area (TPSA) is 80.3 Å². The summed E-state index contributed by atoms with van der Waals surface area (Å²) in [6, 6.07) is 30.1. The zero-order valence-corrected chi connectivity index (χ0v) is 25.5. The van der Waals surface area contributed by atoms with Crippen LogP contribution in [0.25, 0.3) is 11.1 Å². The number of piperazine rings is 1. The Kier molecular flexibility index (Phi) is 10.1. The quantitative estimate of drug-likeness (QED) is 0.258. The molecule has 228 valence electrons. The molecule has 1 heterocycles. The van der Waals surface area contributed by atoms with Gasteiger partial charge in [-0.2, -0.15) is 0 Å². The molecule has 0 atom stereocenters. The van der Waals surface area contributed by atoms with Crippen LogP contribution in [-0.2, 0) is 24.3 Å². The minimum atomic E-state index is -0.135. The van der Waals surface area contributed by atoms with Gasteiger partial charge in [0.15, 0.2) is 11.5 Å². The second-order valence-corrected chi connectivity index (χ2v) is 10.8. The average molecular weight is 594 g/mol. The number of hydrogen-bond donors (Lipinski definition) is 1. The Hall–Kier alpha value is -4.82. The summed E-state index contributed by atoms with van der Waals surface area (Å²) in [7, 11) is 4.63. The third kappa shape index (κ3) is 7.57. The van der Waals surface area contributed by atoms with Crippen LogP contribution >= 0.6 is 0 Å². The predicted octanol–water partition coefficient (Wildman–Crippen LogP) is 5.20. The van der Waals surface area contributed by atoms with E-state index in [0.29, 0.717) is 42.4 Å². The Labute approximate surface area is 259 Å². The zero-order valence-electron chi connectivity index (χ0n) is 25.5. The molecule has 4 aromatic carbocycles. The van der Waals surface area contributed by atoms with Gasteiger partial charge in [0.05, 0.1) is 27.8 Å². The summed E-state index contributed by atoms with van der Waals surface area (Å²) in [5.74, 6) is 1.40. The monoisotopic (exact) mass is 593 g/mol. The van der Waals surface area contributed by atoms with Gasteiger partial charge in [-0.25, -0.2) is 0 Å². The van der Waals surface area contributed by atoms with Crippen molar-refractivity contribution in [3.8, 4) is 28.4 Å². The number of carbonyl (C=O) groups is 2. The standard InChI is InChI=1S/C36H39N3O5/c1-42-32-21-28(22-33(43-2)35(32)44-3)23-34(40)37-24-26-12-14-30(15-13-26)36(41)39-18-16-38(17-19-39)25-27-8-7-11-31(20-27)29-9-5-4-6-10-29/h4-15,20-22H,16-19,23-25H2,1-3H3,(H,37,40). The average Bonchev–Trinajstić information content (AvgIpc) is 3.07. The SMILES string of the molecule is COc1cc(CC(=O)NCc2ccc(C(=O)N3CCN(Cc4cccc(-c5ccccc5)c4)CC3)cc2)cc(OC)c1OC. The number of ether oxygens (including phenoxy) is 3. The minimum absolute atomic E-state index is 0.0358. The fourth-order valence-corrected chi connectivity index (χ4v) is 5.48. The van der Waals surface area contributed by atoms with E-state index in [1.807, 2.05) is 35.2 Å². The van der Waals surface area contributed by atoms with Crippen LogP contribution in [0.1, 0.15) is 27.0 Å². The van der Waals surface area contributed by atoms with Crippen molar-refractivity contribution in [2.45, 2.75) is 19.5 Å². The van der Waals surface area contributed by atoms with Gasteiger partial charge in [0, 0.05) is 44.8 Å². The van der Waals surface area contributed by atoms with Gasteiger partial charge >= 0.3 is 0 Å². The molecule has 5 rings (SSSR count). The number of rotatable bonds is 11. The number of amides is 2. The van der Waals surface area contributed by atoms with Crippen molar-refractivity contribution in [1.82, 2.24) is 15.1 Å². The molecule has 1 fully saturated rings. The first kappa shape index (κ1) is 30.6. The second kappa shape index (κ2) is 14.6. The van der Waals surface area contributed by atoms with E-state index in [1.165, 1.54) is 16.7 Å². The third-order valence-electron chi connectivity index (χ3n) is 7.88. The number of nitrogens with one attached hydrogen (secondary N) is 1. The highest BCUT2D eigenvalue weighted by Crippen LogP contribution is 2.38. The van der Waals surface area contributed by atoms with Crippen molar-refractivity contribution in [3.05, 3.63) is 113 Å². The molecule has 1 N–H and O–H groups in total. The van der Waals surface area contributed by atoms with Crippen LogP contribution in [0.3, 0.4) is 0 Å². The van der Waals surface area contributed by atoms with Crippen molar-refractivity contribution in [1.29, 1.82) is 0 Å². The molecule has 0 bridgehead atoms. The maximum atomic E-state index is 13.2. The molecule has 0 aromatic heterocycles. The van der Waals surface area contributed by atoms with Crippen LogP contribution in [0.2, 0.25) is 0 Å². The molecule has 8 nitrogen and oxygen atoms in total. The predicted molar refractivity (Wildman–Crippen MR) is 171 cm³/mol. The van der Waals surface area contributed by atoms with E-state index in [2.05, 4.69) is 58.7 Å². The summed E-state index contributed by atoms with van der Waals surface area (Å²) >= 11 is 0. The van der Waals surface area contributed by atoms with Gasteiger partial charge in [-0.05, 0) is 58.1 Å². The lowest BCUT2D eigenvalue weighted by molar-refractivity contribution is -0.120. The summed E-state index contributed by atoms with van der Waals surface area (Å²) in [6.45, 7) is 4.27. The first-order valence-corrected chi connectivity index (χ1v) is 14.8. The lowest BCUT2D eigenvalue weighted by Gasteiger charge is -2.35. The van der Waals surface area contributed by atoms with Crippen LogP contribution in [-0.4, -0.2) is 69.1 Å². The van der Waals surface area contributed by atoms with Crippen molar-refractivity contribution in [3.63, 3.8) is 0 Å². The Bertz CT molecular complexity index is 1540. The molecule has 44 heavy (non-hydrogen) atoms. The van der Waals surface area contributed by atoms with E-state index < -0.39 is 0 Å². The Balaban J connectivity index is 1.09. The van der Waals surface area contributed by atoms with Gasteiger partial charge in [0.2, 0.25) is 11.7 Å². The third-order valence-corrected chi connectivity index (χ3v) is 7.88. The first-order chi connectivity index (χ1) is 21.5. The molecule has 0 unspecified atom stereocenters. The van der Waals surface area contributed by atoms with Gasteiger partial charge in [-0.15, -0.1) is 0 Å². The van der Waals surface area contributed by atoms with Gasteiger partial charge in [0.1, 0.15) is 0 Å². The largest absolute Gasteiger partial charge is 0.493 e. The zero-order chi connectivity index (χ0) is 30.9. The van der Waals surface area contributed by atoms with E-state index in [4.69, 9.17) is 14.2 Å². The number of hydrogen-bond acceptors (Lipinski definition) is 6.